The molecule has 2 aromatic rings. The molecule has 0 radical (unpaired) electrons. The molecule has 0 aliphatic heterocycles. The van der Waals surface area contributed by atoms with Crippen LogP contribution >= 0.6 is 0 Å². The molecule has 1 aliphatic carbocycles. The smallest absolute Gasteiger partial charge is 0.407 e. The van der Waals surface area contributed by atoms with Crippen molar-refractivity contribution >= 4 is 18.0 Å². The minimum Gasteiger partial charge on any atom is -0.480 e. The van der Waals surface area contributed by atoms with E-state index in [0.29, 0.717) is 25.8 Å². The largest absolute Gasteiger partial charge is 0.480 e. The number of hydrogen-bond acceptors (Lipinski definition) is 5. The van der Waals surface area contributed by atoms with Crippen molar-refractivity contribution in [3.05, 3.63) is 59.7 Å². The number of amides is 2. The summed E-state index contributed by atoms with van der Waals surface area (Å²) in [6, 6.07) is 14.1. The van der Waals surface area contributed by atoms with Gasteiger partial charge in [-0.3, -0.25) is 4.79 Å². The van der Waals surface area contributed by atoms with Crippen LogP contribution in [0.4, 0.5) is 4.79 Å². The van der Waals surface area contributed by atoms with Crippen molar-refractivity contribution in [3.63, 3.8) is 0 Å². The molecule has 34 heavy (non-hydrogen) atoms. The quantitative estimate of drug-likeness (QED) is 0.375. The number of alkyl carbamates (subject to hydrolysis) is 1. The van der Waals surface area contributed by atoms with Gasteiger partial charge in [-0.15, -0.1) is 0 Å². The van der Waals surface area contributed by atoms with E-state index in [1.165, 1.54) is 0 Å². The Morgan fingerprint density at radius 2 is 1.56 bits per heavy atom. The monoisotopic (exact) mass is 467 g/mol. The Labute approximate surface area is 199 Å². The normalized spacial score (nSPS) is 14.1. The Kier molecular flexibility index (Phi) is 8.65. The number of unbranched alkanes of at least 4 members (excludes halogenated alkanes) is 1. The first-order valence-corrected chi connectivity index (χ1v) is 11.7. The average molecular weight is 468 g/mol. The zero-order chi connectivity index (χ0) is 24.7. The molecular weight excluding hydrogens is 434 g/mol. The molecule has 3 rings (SSSR count). The van der Waals surface area contributed by atoms with E-state index in [1.54, 1.807) is 13.8 Å². The second-order valence-electron chi connectivity index (χ2n) is 8.88. The molecule has 8 heteroatoms. The van der Waals surface area contributed by atoms with Crippen LogP contribution in [0.25, 0.3) is 11.1 Å². The van der Waals surface area contributed by atoms with Crippen LogP contribution < -0.4 is 16.4 Å². The first kappa shape index (κ1) is 25.2. The summed E-state index contributed by atoms with van der Waals surface area (Å²) < 4.78 is 5.56. The molecule has 0 saturated heterocycles. The number of ether oxygens (including phenoxy) is 1. The lowest BCUT2D eigenvalue weighted by atomic mass is 9.98. The number of nitrogens with one attached hydrogen (secondary N) is 2. The second kappa shape index (κ2) is 11.7. The molecular formula is C26H33N3O5. The molecule has 0 heterocycles. The lowest BCUT2D eigenvalue weighted by Crippen LogP contribution is -2.53. The van der Waals surface area contributed by atoms with Crippen molar-refractivity contribution in [2.75, 3.05) is 13.2 Å². The van der Waals surface area contributed by atoms with Gasteiger partial charge in [-0.2, -0.15) is 0 Å². The maximum Gasteiger partial charge on any atom is 0.407 e. The van der Waals surface area contributed by atoms with Gasteiger partial charge in [0.1, 0.15) is 18.7 Å². The third-order valence-corrected chi connectivity index (χ3v) is 6.13. The van der Waals surface area contributed by atoms with Crippen LogP contribution in [0.3, 0.4) is 0 Å². The summed E-state index contributed by atoms with van der Waals surface area (Å²) >= 11 is 0. The highest BCUT2D eigenvalue weighted by Gasteiger charge is 2.31. The van der Waals surface area contributed by atoms with Gasteiger partial charge in [0.2, 0.25) is 5.91 Å². The molecule has 182 valence electrons. The van der Waals surface area contributed by atoms with E-state index in [0.717, 1.165) is 22.3 Å². The summed E-state index contributed by atoms with van der Waals surface area (Å²) in [6.45, 7) is 4.01. The number of fused-ring (bicyclic) bond motifs is 3. The summed E-state index contributed by atoms with van der Waals surface area (Å²) in [4.78, 5) is 37.0. The van der Waals surface area contributed by atoms with Gasteiger partial charge < -0.3 is 26.2 Å². The summed E-state index contributed by atoms with van der Waals surface area (Å²) in [7, 11) is 0. The SMILES string of the molecule is CC(C)[C@H](NC(=O)[C@H](CCCCN)NC(=O)OCC1c2ccccc2-c2ccccc21)C(=O)O. The molecule has 8 nitrogen and oxygen atoms in total. The van der Waals surface area contributed by atoms with Crippen molar-refractivity contribution < 1.29 is 24.2 Å². The third-order valence-electron chi connectivity index (χ3n) is 6.13. The van der Waals surface area contributed by atoms with Crippen molar-refractivity contribution in [3.8, 4) is 11.1 Å². The number of carboxylic acid groups (broad SMARTS) is 1. The fraction of sp³-hybridized carbons (Fsp3) is 0.423. The lowest BCUT2D eigenvalue weighted by molar-refractivity contribution is -0.143. The number of carboxylic acids is 1. The van der Waals surface area contributed by atoms with Gasteiger partial charge in [-0.05, 0) is 54.0 Å². The Morgan fingerprint density at radius 1 is 0.971 bits per heavy atom. The minimum absolute atomic E-state index is 0.0972. The Hall–Kier alpha value is -3.39. The molecule has 0 saturated carbocycles. The van der Waals surface area contributed by atoms with Crippen molar-refractivity contribution in [1.82, 2.24) is 10.6 Å². The van der Waals surface area contributed by atoms with Gasteiger partial charge in [0.25, 0.3) is 0 Å². The molecule has 2 amide bonds. The van der Waals surface area contributed by atoms with Crippen LogP contribution in [0.5, 0.6) is 0 Å². The van der Waals surface area contributed by atoms with Gasteiger partial charge in [0.05, 0.1) is 0 Å². The summed E-state index contributed by atoms with van der Waals surface area (Å²) in [5.41, 5.74) is 9.99. The van der Waals surface area contributed by atoms with Crippen LogP contribution in [0.2, 0.25) is 0 Å². The molecule has 0 bridgehead atoms. The highest BCUT2D eigenvalue weighted by Crippen LogP contribution is 2.44. The molecule has 5 N–H and O–H groups in total. The number of benzene rings is 2. The first-order chi connectivity index (χ1) is 16.3. The summed E-state index contributed by atoms with van der Waals surface area (Å²) in [5.74, 6) is -2.07. The number of carbonyl (C=O) groups excluding carboxylic acids is 2. The van der Waals surface area contributed by atoms with Crippen LogP contribution in [0.15, 0.2) is 48.5 Å². The van der Waals surface area contributed by atoms with Gasteiger partial charge in [-0.1, -0.05) is 62.4 Å². The number of carbonyl (C=O) groups is 3. The third kappa shape index (κ3) is 5.94. The van der Waals surface area contributed by atoms with E-state index < -0.39 is 30.1 Å². The zero-order valence-corrected chi connectivity index (χ0v) is 19.6. The number of hydrogen-bond donors (Lipinski definition) is 4. The Balaban J connectivity index is 1.66. The molecule has 2 aromatic carbocycles. The van der Waals surface area contributed by atoms with Crippen LogP contribution in [0, 0.1) is 5.92 Å². The minimum atomic E-state index is -1.12. The fourth-order valence-corrected chi connectivity index (χ4v) is 4.31. The van der Waals surface area contributed by atoms with Crippen LogP contribution in [-0.2, 0) is 14.3 Å². The molecule has 1 aliphatic rings. The lowest BCUT2D eigenvalue weighted by Gasteiger charge is -2.23. The fourth-order valence-electron chi connectivity index (χ4n) is 4.31. The van der Waals surface area contributed by atoms with E-state index in [9.17, 15) is 19.5 Å². The predicted molar refractivity (Wildman–Crippen MR) is 129 cm³/mol. The summed E-state index contributed by atoms with van der Waals surface area (Å²) in [5, 5.41) is 14.5. The number of nitrogens with two attached hydrogens (primary N) is 1. The van der Waals surface area contributed by atoms with Crippen LogP contribution in [0.1, 0.15) is 50.2 Å². The molecule has 0 spiro atoms. The molecule has 2 atom stereocenters. The van der Waals surface area contributed by atoms with Crippen molar-refractivity contribution in [2.24, 2.45) is 11.7 Å². The van der Waals surface area contributed by atoms with E-state index >= 15 is 0 Å². The molecule has 0 aromatic heterocycles. The first-order valence-electron chi connectivity index (χ1n) is 11.7. The van der Waals surface area contributed by atoms with E-state index in [-0.39, 0.29) is 18.4 Å². The van der Waals surface area contributed by atoms with Gasteiger partial charge >= 0.3 is 12.1 Å². The number of aliphatic carboxylic acids is 1. The topological polar surface area (TPSA) is 131 Å². The summed E-state index contributed by atoms with van der Waals surface area (Å²) in [6.07, 6.45) is 0.907. The van der Waals surface area contributed by atoms with Crippen LogP contribution in [-0.4, -0.2) is 48.3 Å². The standard InChI is InChI=1S/C26H33N3O5/c1-16(2)23(25(31)32)29-24(30)22(13-7-8-14-27)28-26(33)34-15-21-19-11-5-3-9-17(19)18-10-4-6-12-20(18)21/h3-6,9-12,16,21-23H,7-8,13-15,27H2,1-2H3,(H,28,33)(H,29,30)(H,31,32)/t22-,23-/m0/s1. The zero-order valence-electron chi connectivity index (χ0n) is 19.6. The van der Waals surface area contributed by atoms with E-state index in [1.807, 2.05) is 36.4 Å². The Morgan fingerprint density at radius 3 is 2.09 bits per heavy atom. The molecule has 0 unspecified atom stereocenters. The second-order valence-corrected chi connectivity index (χ2v) is 8.88. The predicted octanol–water partition coefficient (Wildman–Crippen LogP) is 3.25. The molecule has 0 fully saturated rings. The highest BCUT2D eigenvalue weighted by molar-refractivity contribution is 5.89. The maximum absolute atomic E-state index is 12.8. The number of rotatable bonds is 11. The van der Waals surface area contributed by atoms with E-state index in [2.05, 4.69) is 22.8 Å². The van der Waals surface area contributed by atoms with Crippen molar-refractivity contribution in [1.29, 1.82) is 0 Å². The van der Waals surface area contributed by atoms with Gasteiger partial charge in [0.15, 0.2) is 0 Å². The van der Waals surface area contributed by atoms with Gasteiger partial charge in [-0.25, -0.2) is 9.59 Å². The average Bonchev–Trinajstić information content (AvgIpc) is 3.14. The highest BCUT2D eigenvalue weighted by atomic mass is 16.5. The van der Waals surface area contributed by atoms with Gasteiger partial charge in [0, 0.05) is 5.92 Å². The Bertz CT molecular complexity index is 978. The maximum atomic E-state index is 12.8. The van der Waals surface area contributed by atoms with E-state index in [4.69, 9.17) is 10.5 Å². The van der Waals surface area contributed by atoms with Crippen molar-refractivity contribution in [2.45, 2.75) is 51.1 Å².